The summed E-state index contributed by atoms with van der Waals surface area (Å²) in [4.78, 5) is 27.2. The largest absolute Gasteiger partial charge is 0.378 e. The van der Waals surface area contributed by atoms with Crippen LogP contribution in [0.1, 0.15) is 33.6 Å². The molecule has 22 heavy (non-hydrogen) atoms. The topological polar surface area (TPSA) is 98.9 Å². The third kappa shape index (κ3) is 4.84. The lowest BCUT2D eigenvalue weighted by molar-refractivity contribution is -0.134. The molecule has 0 aromatic heterocycles. The molecule has 2 unspecified atom stereocenters. The SMILES string of the molecule is CN(C)CCC(NC(=O)N1CCC(O)(C(N)=O)C1)C(C)(C)C. The van der Waals surface area contributed by atoms with Crippen molar-refractivity contribution >= 4 is 11.9 Å². The average Bonchev–Trinajstić information content (AvgIpc) is 2.76. The maximum Gasteiger partial charge on any atom is 0.317 e. The van der Waals surface area contributed by atoms with E-state index in [0.717, 1.165) is 13.0 Å². The summed E-state index contributed by atoms with van der Waals surface area (Å²) in [6, 6.07) is -0.250. The second-order valence-electron chi connectivity index (χ2n) is 7.53. The quantitative estimate of drug-likeness (QED) is 0.664. The molecule has 0 bridgehead atoms. The highest BCUT2D eigenvalue weighted by molar-refractivity contribution is 5.85. The number of primary amides is 1. The fraction of sp³-hybridized carbons (Fsp3) is 0.867. The molecule has 3 amide bonds. The summed E-state index contributed by atoms with van der Waals surface area (Å²) in [7, 11) is 3.99. The lowest BCUT2D eigenvalue weighted by Crippen LogP contribution is -2.52. The first-order chi connectivity index (χ1) is 9.95. The summed E-state index contributed by atoms with van der Waals surface area (Å²) < 4.78 is 0. The molecule has 1 heterocycles. The van der Waals surface area contributed by atoms with Crippen molar-refractivity contribution in [3.05, 3.63) is 0 Å². The van der Waals surface area contributed by atoms with Crippen LogP contribution in [0.15, 0.2) is 0 Å². The second-order valence-corrected chi connectivity index (χ2v) is 7.53. The van der Waals surface area contributed by atoms with Crippen LogP contribution < -0.4 is 11.1 Å². The zero-order valence-corrected chi connectivity index (χ0v) is 14.3. The molecule has 0 aromatic rings. The van der Waals surface area contributed by atoms with E-state index >= 15 is 0 Å². The number of rotatable bonds is 5. The Morgan fingerprint density at radius 1 is 1.41 bits per heavy atom. The van der Waals surface area contributed by atoms with Crippen LogP contribution in [-0.4, -0.2) is 72.2 Å². The number of carbonyl (C=O) groups is 2. The summed E-state index contributed by atoms with van der Waals surface area (Å²) in [5, 5.41) is 13.1. The minimum atomic E-state index is -1.60. The van der Waals surface area contributed by atoms with Gasteiger partial charge >= 0.3 is 6.03 Å². The zero-order chi connectivity index (χ0) is 17.1. The molecule has 0 saturated carbocycles. The van der Waals surface area contributed by atoms with E-state index in [1.54, 1.807) is 0 Å². The van der Waals surface area contributed by atoms with E-state index in [4.69, 9.17) is 5.73 Å². The number of amides is 3. The number of nitrogens with zero attached hydrogens (tertiary/aromatic N) is 2. The number of nitrogens with one attached hydrogen (secondary N) is 1. The van der Waals surface area contributed by atoms with E-state index in [9.17, 15) is 14.7 Å². The summed E-state index contributed by atoms with van der Waals surface area (Å²) in [5.74, 6) is -0.775. The van der Waals surface area contributed by atoms with Crippen LogP contribution in [0.5, 0.6) is 0 Å². The van der Waals surface area contributed by atoms with Gasteiger partial charge in [0.1, 0.15) is 0 Å². The van der Waals surface area contributed by atoms with Gasteiger partial charge in [0.15, 0.2) is 5.60 Å². The molecule has 128 valence electrons. The highest BCUT2D eigenvalue weighted by atomic mass is 16.3. The van der Waals surface area contributed by atoms with E-state index in [1.807, 2.05) is 14.1 Å². The van der Waals surface area contributed by atoms with Crippen molar-refractivity contribution in [2.45, 2.75) is 45.3 Å². The van der Waals surface area contributed by atoms with Crippen molar-refractivity contribution in [2.24, 2.45) is 11.1 Å². The summed E-state index contributed by atoms with van der Waals surface area (Å²) >= 11 is 0. The standard InChI is InChI=1S/C15H30N4O3/c1-14(2,3)11(6-8-18(4)5)17-13(21)19-9-7-15(22,10-19)12(16)20/h11,22H,6-10H2,1-5H3,(H2,16,20)(H,17,21). The number of nitrogens with two attached hydrogens (primary N) is 1. The van der Waals surface area contributed by atoms with Crippen molar-refractivity contribution in [3.63, 3.8) is 0 Å². The second kappa shape index (κ2) is 6.83. The Labute approximate surface area is 132 Å². The fourth-order valence-corrected chi connectivity index (χ4v) is 2.52. The van der Waals surface area contributed by atoms with Crippen LogP contribution in [-0.2, 0) is 4.79 Å². The van der Waals surface area contributed by atoms with E-state index in [0.29, 0.717) is 6.54 Å². The highest BCUT2D eigenvalue weighted by Crippen LogP contribution is 2.24. The van der Waals surface area contributed by atoms with E-state index in [1.165, 1.54) is 4.90 Å². The Hall–Kier alpha value is -1.34. The molecule has 4 N–H and O–H groups in total. The molecule has 7 heteroatoms. The number of hydrogen-bond acceptors (Lipinski definition) is 4. The molecule has 0 aliphatic carbocycles. The Morgan fingerprint density at radius 2 is 2.00 bits per heavy atom. The van der Waals surface area contributed by atoms with Crippen molar-refractivity contribution in [1.82, 2.24) is 15.1 Å². The first-order valence-corrected chi connectivity index (χ1v) is 7.68. The molecular weight excluding hydrogens is 284 g/mol. The number of aliphatic hydroxyl groups is 1. The number of carbonyl (C=O) groups excluding carboxylic acids is 2. The van der Waals surface area contributed by atoms with Crippen LogP contribution in [0.25, 0.3) is 0 Å². The van der Waals surface area contributed by atoms with Gasteiger partial charge in [-0.1, -0.05) is 20.8 Å². The van der Waals surface area contributed by atoms with E-state index in [-0.39, 0.29) is 30.5 Å². The van der Waals surface area contributed by atoms with Gasteiger partial charge < -0.3 is 26.0 Å². The number of urea groups is 1. The van der Waals surface area contributed by atoms with Gasteiger partial charge in [-0.15, -0.1) is 0 Å². The van der Waals surface area contributed by atoms with Crippen LogP contribution in [0.2, 0.25) is 0 Å². The minimum Gasteiger partial charge on any atom is -0.378 e. The maximum absolute atomic E-state index is 12.4. The van der Waals surface area contributed by atoms with Crippen LogP contribution in [0.3, 0.4) is 0 Å². The number of hydrogen-bond donors (Lipinski definition) is 3. The molecule has 7 nitrogen and oxygen atoms in total. The van der Waals surface area contributed by atoms with Gasteiger partial charge in [-0.05, 0) is 32.5 Å². The van der Waals surface area contributed by atoms with E-state index < -0.39 is 11.5 Å². The maximum atomic E-state index is 12.4. The summed E-state index contributed by atoms with van der Waals surface area (Å²) in [6.45, 7) is 7.40. The molecule has 2 atom stereocenters. The van der Waals surface area contributed by atoms with Gasteiger partial charge in [-0.3, -0.25) is 4.79 Å². The predicted molar refractivity (Wildman–Crippen MR) is 85.3 cm³/mol. The molecule has 1 aliphatic rings. The normalized spacial score (nSPS) is 23.7. The molecule has 0 spiro atoms. The first-order valence-electron chi connectivity index (χ1n) is 7.68. The van der Waals surface area contributed by atoms with Gasteiger partial charge in [0, 0.05) is 19.0 Å². The molecular formula is C15H30N4O3. The molecule has 1 aliphatic heterocycles. The van der Waals surface area contributed by atoms with Gasteiger partial charge in [0.05, 0.1) is 6.54 Å². The number of β-amino-alcohol motifs (C(OH)–C–C–N with tert-alkyl or cyclic N) is 1. The van der Waals surface area contributed by atoms with Crippen molar-refractivity contribution in [2.75, 3.05) is 33.7 Å². The monoisotopic (exact) mass is 314 g/mol. The zero-order valence-electron chi connectivity index (χ0n) is 14.3. The third-order valence-electron chi connectivity index (χ3n) is 4.20. The van der Waals surface area contributed by atoms with Crippen molar-refractivity contribution in [1.29, 1.82) is 0 Å². The summed E-state index contributed by atoms with van der Waals surface area (Å²) in [6.07, 6.45) is 1.02. The number of likely N-dealkylation sites (tertiary alicyclic amines) is 1. The van der Waals surface area contributed by atoms with E-state index in [2.05, 4.69) is 31.0 Å². The minimum absolute atomic E-state index is 0.00432. The van der Waals surface area contributed by atoms with Gasteiger partial charge in [0.25, 0.3) is 5.91 Å². The highest BCUT2D eigenvalue weighted by Gasteiger charge is 2.43. The Balaban J connectivity index is 2.66. The van der Waals surface area contributed by atoms with Gasteiger partial charge in [-0.2, -0.15) is 0 Å². The molecule has 0 aromatic carbocycles. The lowest BCUT2D eigenvalue weighted by Gasteiger charge is -2.34. The average molecular weight is 314 g/mol. The lowest BCUT2D eigenvalue weighted by atomic mass is 9.84. The molecule has 1 rings (SSSR count). The fourth-order valence-electron chi connectivity index (χ4n) is 2.52. The Morgan fingerprint density at radius 3 is 2.41 bits per heavy atom. The van der Waals surface area contributed by atoms with Crippen molar-refractivity contribution in [3.8, 4) is 0 Å². The van der Waals surface area contributed by atoms with Crippen LogP contribution in [0, 0.1) is 5.41 Å². The molecule has 1 fully saturated rings. The Kier molecular flexibility index (Phi) is 5.81. The molecule has 0 radical (unpaired) electrons. The van der Waals surface area contributed by atoms with Crippen molar-refractivity contribution < 1.29 is 14.7 Å². The Bertz CT molecular complexity index is 420. The van der Waals surface area contributed by atoms with Crippen LogP contribution >= 0.6 is 0 Å². The third-order valence-corrected chi connectivity index (χ3v) is 4.20. The van der Waals surface area contributed by atoms with Gasteiger partial charge in [-0.25, -0.2) is 4.79 Å². The van der Waals surface area contributed by atoms with Gasteiger partial charge in [0.2, 0.25) is 0 Å². The predicted octanol–water partition coefficient (Wildman–Crippen LogP) is -0.0155. The van der Waals surface area contributed by atoms with Crippen LogP contribution in [0.4, 0.5) is 4.79 Å². The summed E-state index contributed by atoms with van der Waals surface area (Å²) in [5.41, 5.74) is 3.52. The molecule has 1 saturated heterocycles. The first kappa shape index (κ1) is 18.7. The smallest absolute Gasteiger partial charge is 0.317 e.